The lowest BCUT2D eigenvalue weighted by Gasteiger charge is -2.30. The van der Waals surface area contributed by atoms with Gasteiger partial charge in [-0.1, -0.05) is 6.07 Å². The molecule has 0 spiro atoms. The van der Waals surface area contributed by atoms with Gasteiger partial charge in [0.05, 0.1) is 18.9 Å². The smallest absolute Gasteiger partial charge is 0.0642 e. The van der Waals surface area contributed by atoms with E-state index < -0.39 is 0 Å². The Labute approximate surface area is 117 Å². The van der Waals surface area contributed by atoms with Crippen molar-refractivity contribution in [1.29, 1.82) is 0 Å². The van der Waals surface area contributed by atoms with Crippen LogP contribution in [0.25, 0.3) is 0 Å². The van der Waals surface area contributed by atoms with E-state index in [0.717, 1.165) is 32.8 Å². The van der Waals surface area contributed by atoms with Gasteiger partial charge < -0.3 is 15.0 Å². The summed E-state index contributed by atoms with van der Waals surface area (Å²) in [4.78, 5) is 2.39. The lowest BCUT2D eigenvalue weighted by Crippen LogP contribution is -2.36. The van der Waals surface area contributed by atoms with Crippen LogP contribution in [0.5, 0.6) is 0 Å². The van der Waals surface area contributed by atoms with Gasteiger partial charge in [0, 0.05) is 23.6 Å². The molecule has 2 aliphatic heterocycles. The summed E-state index contributed by atoms with van der Waals surface area (Å²) in [6.45, 7) is 4.78. The van der Waals surface area contributed by atoms with Crippen LogP contribution < -0.4 is 10.2 Å². The zero-order chi connectivity index (χ0) is 12.4. The number of hydrogen-bond acceptors (Lipinski definition) is 3. The van der Waals surface area contributed by atoms with Gasteiger partial charge in [-0.25, -0.2) is 0 Å². The summed E-state index contributed by atoms with van der Waals surface area (Å²) in [5.41, 5.74) is 2.69. The molecule has 1 atom stereocenters. The summed E-state index contributed by atoms with van der Waals surface area (Å²) in [6.07, 6.45) is 2.54. The summed E-state index contributed by atoms with van der Waals surface area (Å²) in [6, 6.07) is 7.32. The van der Waals surface area contributed by atoms with Crippen molar-refractivity contribution in [3.8, 4) is 0 Å². The van der Waals surface area contributed by atoms with Crippen LogP contribution in [0.1, 0.15) is 24.4 Å². The Balaban J connectivity index is 1.79. The van der Waals surface area contributed by atoms with Gasteiger partial charge in [-0.3, -0.25) is 0 Å². The Kier molecular flexibility index (Phi) is 3.87. The Bertz CT molecular complexity index is 412. The second-order valence-electron chi connectivity index (χ2n) is 4.96. The highest BCUT2D eigenvalue weighted by atomic mass is 79.9. The fourth-order valence-electron chi connectivity index (χ4n) is 2.77. The summed E-state index contributed by atoms with van der Waals surface area (Å²) in [5.74, 6) is 0. The summed E-state index contributed by atoms with van der Waals surface area (Å²) in [5, 5.41) is 3.54. The first-order valence-corrected chi connectivity index (χ1v) is 7.49. The average molecular weight is 311 g/mol. The van der Waals surface area contributed by atoms with Gasteiger partial charge in [-0.05, 0) is 53.0 Å². The van der Waals surface area contributed by atoms with Gasteiger partial charge in [0.25, 0.3) is 0 Å². The van der Waals surface area contributed by atoms with Crippen molar-refractivity contribution < 1.29 is 4.74 Å². The zero-order valence-electron chi connectivity index (χ0n) is 10.5. The summed E-state index contributed by atoms with van der Waals surface area (Å²) in [7, 11) is 0. The van der Waals surface area contributed by atoms with E-state index in [4.69, 9.17) is 4.74 Å². The minimum absolute atomic E-state index is 0.542. The molecule has 2 saturated heterocycles. The Morgan fingerprint density at radius 1 is 1.28 bits per heavy atom. The zero-order valence-corrected chi connectivity index (χ0v) is 12.1. The lowest BCUT2D eigenvalue weighted by atomic mass is 10.0. The van der Waals surface area contributed by atoms with Gasteiger partial charge in [-0.2, -0.15) is 0 Å². The van der Waals surface area contributed by atoms with Gasteiger partial charge >= 0.3 is 0 Å². The van der Waals surface area contributed by atoms with Crippen molar-refractivity contribution >= 4 is 21.6 Å². The predicted octanol–water partition coefficient (Wildman–Crippen LogP) is 2.71. The van der Waals surface area contributed by atoms with E-state index in [9.17, 15) is 0 Å². The predicted molar refractivity (Wildman–Crippen MR) is 77.2 cm³/mol. The molecule has 0 radical (unpaired) electrons. The molecule has 18 heavy (non-hydrogen) atoms. The molecule has 98 valence electrons. The molecule has 0 aliphatic carbocycles. The van der Waals surface area contributed by atoms with Gasteiger partial charge in [0.2, 0.25) is 0 Å². The highest BCUT2D eigenvalue weighted by Gasteiger charge is 2.19. The molecule has 1 aromatic carbocycles. The molecule has 2 aliphatic rings. The molecule has 1 aromatic rings. The second kappa shape index (κ2) is 5.59. The molecule has 2 heterocycles. The molecule has 0 aromatic heterocycles. The van der Waals surface area contributed by atoms with Crippen LogP contribution in [0.15, 0.2) is 22.7 Å². The summed E-state index contributed by atoms with van der Waals surface area (Å²) < 4.78 is 6.60. The third-order valence-corrected chi connectivity index (χ3v) is 4.42. The summed E-state index contributed by atoms with van der Waals surface area (Å²) >= 11 is 3.72. The van der Waals surface area contributed by atoms with E-state index in [1.807, 2.05) is 0 Å². The Hall–Kier alpha value is -0.580. The van der Waals surface area contributed by atoms with Crippen molar-refractivity contribution in [3.05, 3.63) is 28.2 Å². The van der Waals surface area contributed by atoms with E-state index in [1.54, 1.807) is 0 Å². The molecule has 1 unspecified atom stereocenters. The largest absolute Gasteiger partial charge is 0.378 e. The monoisotopic (exact) mass is 310 g/mol. The fourth-order valence-corrected chi connectivity index (χ4v) is 3.42. The number of anilines is 1. The van der Waals surface area contributed by atoms with Gasteiger partial charge in [0.15, 0.2) is 0 Å². The van der Waals surface area contributed by atoms with E-state index >= 15 is 0 Å². The highest BCUT2D eigenvalue weighted by Crippen LogP contribution is 2.32. The average Bonchev–Trinajstić information content (AvgIpc) is 2.93. The molecular weight excluding hydrogens is 292 g/mol. The standard InChI is InChI=1S/C14H19BrN2O/c15-12-10-11(13-2-1-5-16-13)3-4-14(12)17-6-8-18-9-7-17/h3-4,10,13,16H,1-2,5-9H2. The van der Waals surface area contributed by atoms with Crippen LogP contribution in [0.3, 0.4) is 0 Å². The van der Waals surface area contributed by atoms with Crippen molar-refractivity contribution in [3.63, 3.8) is 0 Å². The molecule has 3 rings (SSSR count). The van der Waals surface area contributed by atoms with Crippen LogP contribution in [-0.2, 0) is 4.74 Å². The molecule has 1 N–H and O–H groups in total. The Morgan fingerprint density at radius 3 is 2.78 bits per heavy atom. The maximum absolute atomic E-state index is 5.40. The number of halogens is 1. The van der Waals surface area contributed by atoms with Crippen LogP contribution >= 0.6 is 15.9 Å². The minimum Gasteiger partial charge on any atom is -0.378 e. The first-order valence-electron chi connectivity index (χ1n) is 6.70. The first kappa shape index (κ1) is 12.5. The molecule has 0 amide bonds. The number of rotatable bonds is 2. The molecule has 0 bridgehead atoms. The SMILES string of the molecule is Brc1cc(C2CCCN2)ccc1N1CCOCC1. The molecular formula is C14H19BrN2O. The maximum Gasteiger partial charge on any atom is 0.0642 e. The number of hydrogen-bond donors (Lipinski definition) is 1. The highest BCUT2D eigenvalue weighted by molar-refractivity contribution is 9.10. The number of ether oxygens (including phenoxy) is 1. The normalized spacial score (nSPS) is 24.5. The van der Waals surface area contributed by atoms with E-state index in [2.05, 4.69) is 44.3 Å². The van der Waals surface area contributed by atoms with Gasteiger partial charge in [0.1, 0.15) is 0 Å². The van der Waals surface area contributed by atoms with Crippen molar-refractivity contribution in [2.45, 2.75) is 18.9 Å². The minimum atomic E-state index is 0.542. The lowest BCUT2D eigenvalue weighted by molar-refractivity contribution is 0.122. The molecule has 2 fully saturated rings. The van der Waals surface area contributed by atoms with Crippen LogP contribution in [0.4, 0.5) is 5.69 Å². The third-order valence-electron chi connectivity index (χ3n) is 3.79. The molecule has 3 nitrogen and oxygen atoms in total. The molecule has 4 heteroatoms. The van der Waals surface area contributed by atoms with Crippen molar-refractivity contribution in [1.82, 2.24) is 5.32 Å². The second-order valence-corrected chi connectivity index (χ2v) is 5.81. The van der Waals surface area contributed by atoms with Crippen molar-refractivity contribution in [2.24, 2.45) is 0 Å². The number of benzene rings is 1. The molecule has 0 saturated carbocycles. The number of morpholine rings is 1. The first-order chi connectivity index (χ1) is 8.84. The third kappa shape index (κ3) is 2.56. The van der Waals surface area contributed by atoms with Crippen LogP contribution in [0, 0.1) is 0 Å². The maximum atomic E-state index is 5.40. The van der Waals surface area contributed by atoms with E-state index in [-0.39, 0.29) is 0 Å². The van der Waals surface area contributed by atoms with Crippen LogP contribution in [0.2, 0.25) is 0 Å². The topological polar surface area (TPSA) is 24.5 Å². The number of nitrogens with zero attached hydrogens (tertiary/aromatic N) is 1. The van der Waals surface area contributed by atoms with Crippen LogP contribution in [-0.4, -0.2) is 32.8 Å². The van der Waals surface area contributed by atoms with Gasteiger partial charge in [-0.15, -0.1) is 0 Å². The van der Waals surface area contributed by atoms with E-state index in [1.165, 1.54) is 28.6 Å². The van der Waals surface area contributed by atoms with Crippen molar-refractivity contribution in [2.75, 3.05) is 37.7 Å². The quantitative estimate of drug-likeness (QED) is 0.909. The number of nitrogens with one attached hydrogen (secondary N) is 1. The fraction of sp³-hybridized carbons (Fsp3) is 0.571. The Morgan fingerprint density at radius 2 is 2.11 bits per heavy atom. The van der Waals surface area contributed by atoms with E-state index in [0.29, 0.717) is 6.04 Å².